The van der Waals surface area contributed by atoms with Gasteiger partial charge in [-0.15, -0.1) is 0 Å². The zero-order valence-corrected chi connectivity index (χ0v) is 5.98. The summed E-state index contributed by atoms with van der Waals surface area (Å²) in [5, 5.41) is 0. The monoisotopic (exact) mass is 113 g/mol. The van der Waals surface area contributed by atoms with Gasteiger partial charge >= 0.3 is 0 Å². The first-order valence-corrected chi connectivity index (χ1v) is 3.53. The lowest BCUT2D eigenvalue weighted by Crippen LogP contribution is -2.18. The molecule has 0 bridgehead atoms. The largest absolute Gasteiger partial charge is 0.335 e. The van der Waals surface area contributed by atoms with Gasteiger partial charge in [-0.3, -0.25) is 0 Å². The average molecular weight is 113 g/mol. The van der Waals surface area contributed by atoms with Crippen LogP contribution in [0.5, 0.6) is 0 Å². The summed E-state index contributed by atoms with van der Waals surface area (Å²) < 4.78 is 0. The summed E-state index contributed by atoms with van der Waals surface area (Å²) in [5.74, 6) is 0.404. The predicted molar refractivity (Wildman–Crippen MR) is 40.7 cm³/mol. The van der Waals surface area contributed by atoms with Gasteiger partial charge in [0.25, 0.3) is 0 Å². The molecule has 1 unspecified atom stereocenters. The van der Waals surface area contributed by atoms with E-state index < -0.39 is 0 Å². The van der Waals surface area contributed by atoms with Gasteiger partial charge in [-0.1, -0.05) is 26.2 Å². The van der Waals surface area contributed by atoms with Crippen molar-refractivity contribution in [3.8, 4) is 0 Å². The van der Waals surface area contributed by atoms with E-state index in [0.717, 1.165) is 0 Å². The van der Waals surface area contributed by atoms with E-state index in [2.05, 4.69) is 14.8 Å². The Morgan fingerprint density at radius 2 is 2.12 bits per heavy atom. The summed E-state index contributed by atoms with van der Waals surface area (Å²) in [7, 11) is 2.07. The molecular weight excluding hydrogens is 96.9 g/mol. The summed E-state index contributed by atoms with van der Waals surface area (Å²) in [4.78, 5) is 0. The molecule has 0 heterocycles. The molecule has 0 aliphatic rings. The molecule has 0 saturated carbocycles. The van der Waals surface area contributed by atoms with Gasteiger partial charge in [0, 0.05) is 0 Å². The number of rotatable bonds is 4. The van der Waals surface area contributed by atoms with Crippen LogP contribution in [-0.2, 0) is 0 Å². The van der Waals surface area contributed by atoms with Crippen molar-refractivity contribution in [1.82, 2.24) is 0 Å². The van der Waals surface area contributed by atoms with Crippen LogP contribution in [0.2, 0.25) is 0 Å². The van der Waals surface area contributed by atoms with E-state index in [1.54, 1.807) is 0 Å². The summed E-state index contributed by atoms with van der Waals surface area (Å²) >= 11 is 0. The van der Waals surface area contributed by atoms with Gasteiger partial charge in [0.05, 0.1) is 0 Å². The maximum atomic E-state index is 5.53. The molecule has 1 atom stereocenters. The van der Waals surface area contributed by atoms with E-state index in [1.807, 2.05) is 0 Å². The van der Waals surface area contributed by atoms with Gasteiger partial charge < -0.3 is 5.73 Å². The van der Waals surface area contributed by atoms with Crippen LogP contribution in [0.1, 0.15) is 32.6 Å². The van der Waals surface area contributed by atoms with E-state index in [0.29, 0.717) is 5.94 Å². The topological polar surface area (TPSA) is 26.0 Å². The smallest absolute Gasteiger partial charge is 0.123 e. The summed E-state index contributed by atoms with van der Waals surface area (Å²) in [6, 6.07) is 0. The van der Waals surface area contributed by atoms with Crippen LogP contribution in [0.3, 0.4) is 0 Å². The Morgan fingerprint density at radius 1 is 1.50 bits per heavy atom. The molecule has 1 nitrogen and oxygen atoms in total. The van der Waals surface area contributed by atoms with Crippen LogP contribution in [0.15, 0.2) is 0 Å². The van der Waals surface area contributed by atoms with E-state index in [4.69, 9.17) is 5.73 Å². The van der Waals surface area contributed by atoms with E-state index in [-0.39, 0.29) is 0 Å². The number of hydrogen-bond donors (Lipinski definition) is 1. The Hall–Kier alpha value is 0.0249. The van der Waals surface area contributed by atoms with Crippen LogP contribution >= 0.6 is 0 Å². The molecule has 0 aromatic rings. The highest BCUT2D eigenvalue weighted by Crippen LogP contribution is 1.98. The van der Waals surface area contributed by atoms with Gasteiger partial charge in [-0.05, 0) is 12.4 Å². The first-order valence-electron chi connectivity index (χ1n) is 3.53. The first kappa shape index (κ1) is 8.02. The van der Waals surface area contributed by atoms with Crippen molar-refractivity contribution in [2.45, 2.75) is 38.5 Å². The highest BCUT2D eigenvalue weighted by molar-refractivity contribution is 6.11. The Morgan fingerprint density at radius 3 is 2.50 bits per heavy atom. The Kier molecular flexibility index (Phi) is 5.18. The molecule has 2 heteroatoms. The number of unbranched alkanes of at least 4 members (excludes halogenated alkanes) is 2. The summed E-state index contributed by atoms with van der Waals surface area (Å²) in [6.07, 6.45) is 5.12. The second-order valence-electron chi connectivity index (χ2n) is 2.47. The second kappa shape index (κ2) is 5.17. The van der Waals surface area contributed by atoms with Crippen LogP contribution in [0.4, 0.5) is 0 Å². The predicted octanol–water partition coefficient (Wildman–Crippen LogP) is 0.485. The molecule has 48 valence electrons. The Bertz CT molecular complexity index is 45.8. The minimum absolute atomic E-state index is 0.404. The van der Waals surface area contributed by atoms with Crippen LogP contribution in [-0.4, -0.2) is 13.8 Å². The highest BCUT2D eigenvalue weighted by Gasteiger charge is 1.91. The standard InChI is InChI=1S/C6H16BN/c1-2-3-4-5-6(7)8/h6H,2-5,7-8H2,1H3. The Labute approximate surface area is 53.1 Å². The molecule has 0 rings (SSSR count). The zero-order chi connectivity index (χ0) is 6.41. The lowest BCUT2D eigenvalue weighted by atomic mass is 9.92. The molecule has 0 aromatic carbocycles. The van der Waals surface area contributed by atoms with Crippen LogP contribution in [0, 0.1) is 0 Å². The summed E-state index contributed by atoms with van der Waals surface area (Å²) in [6.45, 7) is 2.21. The van der Waals surface area contributed by atoms with E-state index in [1.165, 1.54) is 25.7 Å². The third-order valence-electron chi connectivity index (χ3n) is 1.26. The quantitative estimate of drug-likeness (QED) is 0.416. The van der Waals surface area contributed by atoms with Crippen LogP contribution in [0.25, 0.3) is 0 Å². The molecular formula is C6H16BN. The van der Waals surface area contributed by atoms with Crippen molar-refractivity contribution in [3.05, 3.63) is 0 Å². The van der Waals surface area contributed by atoms with Crippen molar-refractivity contribution in [2.24, 2.45) is 5.73 Å². The zero-order valence-electron chi connectivity index (χ0n) is 5.98. The maximum Gasteiger partial charge on any atom is 0.123 e. The number of hydrogen-bond acceptors (Lipinski definition) is 1. The fourth-order valence-electron chi connectivity index (χ4n) is 0.716. The molecule has 0 aliphatic carbocycles. The molecule has 0 saturated heterocycles. The summed E-state index contributed by atoms with van der Waals surface area (Å²) in [5.41, 5.74) is 5.53. The van der Waals surface area contributed by atoms with Crippen LogP contribution < -0.4 is 5.73 Å². The van der Waals surface area contributed by atoms with Crippen molar-refractivity contribution >= 4 is 7.85 Å². The molecule has 2 N–H and O–H groups in total. The maximum absolute atomic E-state index is 5.53. The van der Waals surface area contributed by atoms with Gasteiger partial charge in [0.2, 0.25) is 0 Å². The SMILES string of the molecule is BC(N)CCCCC. The molecule has 0 radical (unpaired) electrons. The van der Waals surface area contributed by atoms with Crippen molar-refractivity contribution in [1.29, 1.82) is 0 Å². The second-order valence-corrected chi connectivity index (χ2v) is 2.47. The number of nitrogens with two attached hydrogens (primary N) is 1. The fraction of sp³-hybridized carbons (Fsp3) is 1.00. The van der Waals surface area contributed by atoms with Gasteiger partial charge in [0.15, 0.2) is 0 Å². The normalized spacial score (nSPS) is 13.8. The van der Waals surface area contributed by atoms with Gasteiger partial charge in [0.1, 0.15) is 7.85 Å². The van der Waals surface area contributed by atoms with Crippen molar-refractivity contribution < 1.29 is 0 Å². The highest BCUT2D eigenvalue weighted by atomic mass is 14.6. The third-order valence-corrected chi connectivity index (χ3v) is 1.26. The minimum atomic E-state index is 0.404. The van der Waals surface area contributed by atoms with E-state index in [9.17, 15) is 0 Å². The Balaban J connectivity index is 2.72. The molecule has 0 fully saturated rings. The van der Waals surface area contributed by atoms with E-state index >= 15 is 0 Å². The molecule has 0 aromatic heterocycles. The van der Waals surface area contributed by atoms with Crippen molar-refractivity contribution in [3.63, 3.8) is 0 Å². The van der Waals surface area contributed by atoms with Crippen molar-refractivity contribution in [2.75, 3.05) is 0 Å². The lowest BCUT2D eigenvalue weighted by Gasteiger charge is -2.01. The van der Waals surface area contributed by atoms with Gasteiger partial charge in [-0.2, -0.15) is 0 Å². The molecule has 0 aliphatic heterocycles. The lowest BCUT2D eigenvalue weighted by molar-refractivity contribution is 0.650. The average Bonchev–Trinajstić information content (AvgIpc) is 1.66. The molecule has 8 heavy (non-hydrogen) atoms. The molecule has 0 amide bonds. The third kappa shape index (κ3) is 6.02. The minimum Gasteiger partial charge on any atom is -0.335 e. The molecule has 0 spiro atoms. The fourth-order valence-corrected chi connectivity index (χ4v) is 0.716. The first-order chi connectivity index (χ1) is 3.77. The van der Waals surface area contributed by atoms with Gasteiger partial charge in [-0.25, -0.2) is 0 Å².